The first-order valence-corrected chi connectivity index (χ1v) is 5.65. The first-order chi connectivity index (χ1) is 7.69. The zero-order valence-corrected chi connectivity index (χ0v) is 10.2. The molecule has 0 aliphatic heterocycles. The summed E-state index contributed by atoms with van der Waals surface area (Å²) in [7, 11) is 1.64. The Morgan fingerprint density at radius 3 is 2.69 bits per heavy atom. The molecule has 1 unspecified atom stereocenters. The fourth-order valence-corrected chi connectivity index (χ4v) is 1.62. The molecule has 3 heteroatoms. The second-order valence-electron chi connectivity index (χ2n) is 3.77. The minimum Gasteiger partial charge on any atom is -0.493 e. The van der Waals surface area contributed by atoms with E-state index in [1.807, 2.05) is 25.1 Å². The quantitative estimate of drug-likeness (QED) is 0.806. The number of benzene rings is 1. The van der Waals surface area contributed by atoms with Gasteiger partial charge in [-0.3, -0.25) is 0 Å². The predicted octanol–water partition coefficient (Wildman–Crippen LogP) is 2.41. The molecule has 0 aliphatic carbocycles. The predicted molar refractivity (Wildman–Crippen MR) is 64.2 cm³/mol. The highest BCUT2D eigenvalue weighted by molar-refractivity contribution is 5.46. The number of methoxy groups -OCH3 is 1. The maximum absolute atomic E-state index is 9.28. The standard InChI is InChI=1S/C13H20O3/c1-4-16-12-7-5-6-11(13(12)15-3)9-8-10(2)14/h5-7,10,14H,4,8-9H2,1-3H3. The number of hydrogen-bond acceptors (Lipinski definition) is 3. The molecule has 0 heterocycles. The maximum atomic E-state index is 9.28. The van der Waals surface area contributed by atoms with Gasteiger partial charge in [0.05, 0.1) is 19.8 Å². The van der Waals surface area contributed by atoms with E-state index in [0.717, 1.165) is 29.9 Å². The van der Waals surface area contributed by atoms with E-state index in [4.69, 9.17) is 9.47 Å². The third-order valence-corrected chi connectivity index (χ3v) is 2.40. The Balaban J connectivity index is 2.85. The molecule has 0 bridgehead atoms. The molecule has 0 aliphatic rings. The van der Waals surface area contributed by atoms with Crippen molar-refractivity contribution in [3.05, 3.63) is 23.8 Å². The van der Waals surface area contributed by atoms with Gasteiger partial charge in [-0.25, -0.2) is 0 Å². The number of aliphatic hydroxyl groups is 1. The fraction of sp³-hybridized carbons (Fsp3) is 0.538. The van der Waals surface area contributed by atoms with E-state index in [1.54, 1.807) is 14.0 Å². The van der Waals surface area contributed by atoms with Crippen molar-refractivity contribution >= 4 is 0 Å². The molecule has 0 aromatic heterocycles. The highest BCUT2D eigenvalue weighted by Crippen LogP contribution is 2.31. The van der Waals surface area contributed by atoms with Gasteiger partial charge in [0.2, 0.25) is 0 Å². The van der Waals surface area contributed by atoms with Gasteiger partial charge in [-0.05, 0) is 38.3 Å². The zero-order chi connectivity index (χ0) is 12.0. The van der Waals surface area contributed by atoms with Gasteiger partial charge in [0, 0.05) is 0 Å². The Bertz CT molecular complexity index is 321. The molecule has 0 amide bonds. The molecule has 1 N–H and O–H groups in total. The number of ether oxygens (including phenoxy) is 2. The van der Waals surface area contributed by atoms with Gasteiger partial charge in [0.25, 0.3) is 0 Å². The van der Waals surface area contributed by atoms with Crippen LogP contribution in [0.4, 0.5) is 0 Å². The molecular weight excluding hydrogens is 204 g/mol. The zero-order valence-electron chi connectivity index (χ0n) is 10.2. The third-order valence-electron chi connectivity index (χ3n) is 2.40. The highest BCUT2D eigenvalue weighted by atomic mass is 16.5. The van der Waals surface area contributed by atoms with Crippen molar-refractivity contribution in [2.24, 2.45) is 0 Å². The van der Waals surface area contributed by atoms with Crippen LogP contribution in [0.25, 0.3) is 0 Å². The van der Waals surface area contributed by atoms with Crippen LogP contribution in [0.5, 0.6) is 11.5 Å². The van der Waals surface area contributed by atoms with Crippen molar-refractivity contribution in [1.29, 1.82) is 0 Å². The van der Waals surface area contributed by atoms with Crippen LogP contribution in [-0.4, -0.2) is 24.9 Å². The van der Waals surface area contributed by atoms with E-state index < -0.39 is 0 Å². The number of aliphatic hydroxyl groups excluding tert-OH is 1. The maximum Gasteiger partial charge on any atom is 0.163 e. The highest BCUT2D eigenvalue weighted by Gasteiger charge is 2.10. The van der Waals surface area contributed by atoms with E-state index in [2.05, 4.69) is 0 Å². The average molecular weight is 224 g/mol. The lowest BCUT2D eigenvalue weighted by Crippen LogP contribution is -2.04. The number of rotatable bonds is 6. The summed E-state index contributed by atoms with van der Waals surface area (Å²) in [6.45, 7) is 4.36. The lowest BCUT2D eigenvalue weighted by Gasteiger charge is -2.14. The number of aryl methyl sites for hydroxylation is 1. The van der Waals surface area contributed by atoms with E-state index in [-0.39, 0.29) is 6.10 Å². The van der Waals surface area contributed by atoms with Crippen LogP contribution in [0.2, 0.25) is 0 Å². The Hall–Kier alpha value is -1.22. The van der Waals surface area contributed by atoms with Gasteiger partial charge in [0.1, 0.15) is 0 Å². The molecule has 16 heavy (non-hydrogen) atoms. The molecule has 3 nitrogen and oxygen atoms in total. The number of hydrogen-bond donors (Lipinski definition) is 1. The van der Waals surface area contributed by atoms with Crippen molar-refractivity contribution in [2.45, 2.75) is 32.8 Å². The Kier molecular flexibility index (Phi) is 5.12. The Morgan fingerprint density at radius 2 is 2.12 bits per heavy atom. The first-order valence-electron chi connectivity index (χ1n) is 5.65. The van der Waals surface area contributed by atoms with Crippen LogP contribution in [0.15, 0.2) is 18.2 Å². The van der Waals surface area contributed by atoms with Crippen molar-refractivity contribution < 1.29 is 14.6 Å². The molecular formula is C13H20O3. The molecule has 1 atom stereocenters. The Morgan fingerprint density at radius 1 is 1.38 bits per heavy atom. The van der Waals surface area contributed by atoms with E-state index in [1.165, 1.54) is 0 Å². The van der Waals surface area contributed by atoms with Crippen LogP contribution in [-0.2, 0) is 6.42 Å². The molecule has 0 radical (unpaired) electrons. The SMILES string of the molecule is CCOc1cccc(CCC(C)O)c1OC. The molecule has 0 fully saturated rings. The third kappa shape index (κ3) is 3.42. The van der Waals surface area contributed by atoms with E-state index >= 15 is 0 Å². The fourth-order valence-electron chi connectivity index (χ4n) is 1.62. The summed E-state index contributed by atoms with van der Waals surface area (Å²) < 4.78 is 10.8. The summed E-state index contributed by atoms with van der Waals surface area (Å²) in [4.78, 5) is 0. The van der Waals surface area contributed by atoms with Gasteiger partial charge < -0.3 is 14.6 Å². The smallest absolute Gasteiger partial charge is 0.163 e. The minimum absolute atomic E-state index is 0.291. The van der Waals surface area contributed by atoms with Crippen molar-refractivity contribution in [3.8, 4) is 11.5 Å². The van der Waals surface area contributed by atoms with Crippen LogP contribution < -0.4 is 9.47 Å². The van der Waals surface area contributed by atoms with Crippen LogP contribution >= 0.6 is 0 Å². The lowest BCUT2D eigenvalue weighted by molar-refractivity contribution is 0.184. The average Bonchev–Trinajstić information content (AvgIpc) is 2.27. The molecule has 90 valence electrons. The van der Waals surface area contributed by atoms with Crippen molar-refractivity contribution in [2.75, 3.05) is 13.7 Å². The Labute approximate surface area is 97.0 Å². The second-order valence-corrected chi connectivity index (χ2v) is 3.77. The minimum atomic E-state index is -0.291. The van der Waals surface area contributed by atoms with Gasteiger partial charge in [0.15, 0.2) is 11.5 Å². The lowest BCUT2D eigenvalue weighted by atomic mass is 10.1. The summed E-state index contributed by atoms with van der Waals surface area (Å²) in [5.74, 6) is 1.55. The monoisotopic (exact) mass is 224 g/mol. The largest absolute Gasteiger partial charge is 0.493 e. The van der Waals surface area contributed by atoms with Gasteiger partial charge >= 0.3 is 0 Å². The topological polar surface area (TPSA) is 38.7 Å². The van der Waals surface area contributed by atoms with Crippen molar-refractivity contribution in [1.82, 2.24) is 0 Å². The molecule has 1 aromatic rings. The van der Waals surface area contributed by atoms with E-state index in [0.29, 0.717) is 6.61 Å². The first kappa shape index (κ1) is 12.8. The van der Waals surface area contributed by atoms with Crippen LogP contribution in [0, 0.1) is 0 Å². The second kappa shape index (κ2) is 6.38. The summed E-state index contributed by atoms with van der Waals surface area (Å²) >= 11 is 0. The summed E-state index contributed by atoms with van der Waals surface area (Å²) in [6.07, 6.45) is 1.23. The van der Waals surface area contributed by atoms with Crippen LogP contribution in [0.1, 0.15) is 25.8 Å². The summed E-state index contributed by atoms with van der Waals surface area (Å²) in [5.41, 5.74) is 1.08. The molecule has 1 aromatic carbocycles. The van der Waals surface area contributed by atoms with Crippen molar-refractivity contribution in [3.63, 3.8) is 0 Å². The molecule has 0 saturated carbocycles. The van der Waals surface area contributed by atoms with Gasteiger partial charge in [-0.1, -0.05) is 12.1 Å². The summed E-state index contributed by atoms with van der Waals surface area (Å²) in [5, 5.41) is 9.28. The van der Waals surface area contributed by atoms with Gasteiger partial charge in [-0.15, -0.1) is 0 Å². The molecule has 0 spiro atoms. The molecule has 1 rings (SSSR count). The number of para-hydroxylation sites is 1. The summed E-state index contributed by atoms with van der Waals surface area (Å²) in [6, 6.07) is 5.85. The van der Waals surface area contributed by atoms with Gasteiger partial charge in [-0.2, -0.15) is 0 Å². The van der Waals surface area contributed by atoms with Crippen LogP contribution in [0.3, 0.4) is 0 Å². The molecule has 0 saturated heterocycles. The van der Waals surface area contributed by atoms with E-state index in [9.17, 15) is 5.11 Å². The normalized spacial score (nSPS) is 12.2.